The van der Waals surface area contributed by atoms with Gasteiger partial charge in [-0.25, -0.2) is 4.39 Å². The first-order valence-corrected chi connectivity index (χ1v) is 13.4. The third-order valence-electron chi connectivity index (χ3n) is 5.28. The molecule has 0 aliphatic carbocycles. The number of ether oxygens (including phenoxy) is 1. The number of likely N-dealkylation sites (tertiary alicyclic amines) is 1. The van der Waals surface area contributed by atoms with Crippen LogP contribution in [-0.4, -0.2) is 62.9 Å². The number of carbonyl (C=O) groups is 1. The summed E-state index contributed by atoms with van der Waals surface area (Å²) in [6, 6.07) is 6.72. The van der Waals surface area contributed by atoms with Crippen LogP contribution in [-0.2, 0) is 9.53 Å². The van der Waals surface area contributed by atoms with E-state index in [1.54, 1.807) is 33.4 Å². The quantitative estimate of drug-likeness (QED) is 0.383. The summed E-state index contributed by atoms with van der Waals surface area (Å²) < 4.78 is 16.4. The van der Waals surface area contributed by atoms with E-state index in [1.165, 1.54) is 48.9 Å². The number of halogens is 2. The summed E-state index contributed by atoms with van der Waals surface area (Å²) >= 11 is 5.33. The van der Waals surface area contributed by atoms with Crippen molar-refractivity contribution in [3.8, 4) is 0 Å². The standard InChI is InChI=1S/C14H25N.C6H4ClF.C3H7NO.C3H8O.C2H6O.C2H6/c1-7-11(3)12(4)13(5)14(6)15-8-10(2)9-15;7-5-3-1-2-4-6(5)8;1-3(5)4-2;1-2-3-4;1-3-2;1-2/h7,10,14H,8-9H2,1-6H3;1-4H;1-2H3,(H,4,5);4H,2-3H2,1H3;1-2H3;1-2H3/b11-7-,13-12+;;;;;. The summed E-state index contributed by atoms with van der Waals surface area (Å²) in [7, 11) is 4.85. The molecule has 2 rings (SSSR count). The number of rotatable bonds is 4. The highest BCUT2D eigenvalue weighted by atomic mass is 35.5. The second-order valence-corrected chi connectivity index (χ2v) is 8.77. The Labute approximate surface area is 233 Å². The van der Waals surface area contributed by atoms with Gasteiger partial charge >= 0.3 is 0 Å². The molecule has 0 saturated carbocycles. The predicted octanol–water partition coefficient (Wildman–Crippen LogP) is 7.54. The molecule has 0 radical (unpaired) electrons. The number of carbonyl (C=O) groups excluding carboxylic acids is 1. The highest BCUT2D eigenvalue weighted by Crippen LogP contribution is 2.25. The third kappa shape index (κ3) is 24.4. The minimum Gasteiger partial charge on any atom is -0.396 e. The maximum atomic E-state index is 12.2. The number of allylic oxidation sites excluding steroid dienone is 3. The van der Waals surface area contributed by atoms with E-state index in [4.69, 9.17) is 16.7 Å². The third-order valence-corrected chi connectivity index (χ3v) is 5.59. The molecular formula is C30H56ClFN2O3. The van der Waals surface area contributed by atoms with E-state index < -0.39 is 0 Å². The van der Waals surface area contributed by atoms with Gasteiger partial charge in [0, 0.05) is 53.9 Å². The molecule has 0 bridgehead atoms. The lowest BCUT2D eigenvalue weighted by Crippen LogP contribution is -2.50. The van der Waals surface area contributed by atoms with Crippen LogP contribution in [0.25, 0.3) is 0 Å². The van der Waals surface area contributed by atoms with Crippen molar-refractivity contribution in [2.24, 2.45) is 5.92 Å². The van der Waals surface area contributed by atoms with Crippen LogP contribution >= 0.6 is 11.6 Å². The predicted molar refractivity (Wildman–Crippen MR) is 161 cm³/mol. The van der Waals surface area contributed by atoms with Gasteiger partial charge in [-0.1, -0.05) is 68.7 Å². The number of aliphatic hydroxyl groups is 1. The van der Waals surface area contributed by atoms with Gasteiger partial charge in [0.15, 0.2) is 0 Å². The maximum absolute atomic E-state index is 12.2. The molecule has 218 valence electrons. The molecule has 1 saturated heterocycles. The molecule has 1 amide bonds. The van der Waals surface area contributed by atoms with Crippen molar-refractivity contribution in [3.05, 3.63) is 57.9 Å². The molecule has 37 heavy (non-hydrogen) atoms. The number of hydrogen-bond acceptors (Lipinski definition) is 4. The molecule has 1 atom stereocenters. The second kappa shape index (κ2) is 28.8. The van der Waals surface area contributed by atoms with Gasteiger partial charge in [0.2, 0.25) is 5.91 Å². The zero-order valence-corrected chi connectivity index (χ0v) is 26.6. The molecule has 1 aromatic carbocycles. The molecule has 2 N–H and O–H groups in total. The van der Waals surface area contributed by atoms with E-state index >= 15 is 0 Å². The molecule has 1 aromatic rings. The first-order chi connectivity index (χ1) is 17.4. The van der Waals surface area contributed by atoms with E-state index in [9.17, 15) is 9.18 Å². The maximum Gasteiger partial charge on any atom is 0.216 e. The number of amides is 1. The Hall–Kier alpha value is -1.73. The van der Waals surface area contributed by atoms with Gasteiger partial charge < -0.3 is 15.2 Å². The molecule has 1 fully saturated rings. The fourth-order valence-corrected chi connectivity index (χ4v) is 2.75. The Morgan fingerprint density at radius 3 is 1.86 bits per heavy atom. The monoisotopic (exact) mass is 546 g/mol. The molecule has 0 spiro atoms. The van der Waals surface area contributed by atoms with E-state index in [0.717, 1.165) is 12.3 Å². The normalized spacial score (nSPS) is 13.9. The first-order valence-electron chi connectivity index (χ1n) is 13.0. The SMILES string of the molecule is C/C=C(C)\C(C)=C(/C)C(C)N1CC(C)C1.CC.CCCO.CNC(C)=O.COC.Fc1ccccc1Cl. The summed E-state index contributed by atoms with van der Waals surface area (Å²) in [4.78, 5) is 12.3. The first kappa shape index (κ1) is 42.4. The van der Waals surface area contributed by atoms with Crippen LogP contribution in [0, 0.1) is 11.7 Å². The van der Waals surface area contributed by atoms with Gasteiger partial charge in [-0.05, 0) is 64.7 Å². The number of nitrogens with one attached hydrogen (secondary N) is 1. The number of benzene rings is 1. The highest BCUT2D eigenvalue weighted by molar-refractivity contribution is 6.30. The Morgan fingerprint density at radius 1 is 1.22 bits per heavy atom. The minimum absolute atomic E-state index is 0.00463. The van der Waals surface area contributed by atoms with E-state index in [1.807, 2.05) is 20.8 Å². The number of methoxy groups -OCH3 is 1. The van der Waals surface area contributed by atoms with E-state index in [2.05, 4.69) is 62.6 Å². The summed E-state index contributed by atoms with van der Waals surface area (Å²) in [5.74, 6) is 0.530. The van der Waals surface area contributed by atoms with E-state index in [0.29, 0.717) is 12.6 Å². The summed E-state index contributed by atoms with van der Waals surface area (Å²) in [5, 5.41) is 10.4. The second-order valence-electron chi connectivity index (χ2n) is 8.37. The molecule has 1 aliphatic rings. The fraction of sp³-hybridized carbons (Fsp3) is 0.633. The van der Waals surface area contributed by atoms with Crippen LogP contribution in [0.3, 0.4) is 0 Å². The van der Waals surface area contributed by atoms with Crippen molar-refractivity contribution in [3.63, 3.8) is 0 Å². The van der Waals surface area contributed by atoms with Crippen molar-refractivity contribution in [2.75, 3.05) is 41.0 Å². The zero-order chi connectivity index (χ0) is 30.0. The Bertz CT molecular complexity index is 710. The average Bonchev–Trinajstić information content (AvgIpc) is 2.89. The lowest BCUT2D eigenvalue weighted by atomic mass is 9.93. The van der Waals surface area contributed by atoms with Crippen LogP contribution in [0.15, 0.2) is 47.1 Å². The van der Waals surface area contributed by atoms with Crippen LogP contribution in [0.1, 0.15) is 75.7 Å². The van der Waals surface area contributed by atoms with Crippen LogP contribution in [0.4, 0.5) is 4.39 Å². The van der Waals surface area contributed by atoms with Gasteiger partial charge in [0.1, 0.15) is 5.82 Å². The van der Waals surface area contributed by atoms with Crippen molar-refractivity contribution in [1.82, 2.24) is 10.2 Å². The lowest BCUT2D eigenvalue weighted by Gasteiger charge is -2.42. The summed E-state index contributed by atoms with van der Waals surface area (Å²) in [5.41, 5.74) is 4.40. The van der Waals surface area contributed by atoms with Crippen LogP contribution < -0.4 is 5.32 Å². The van der Waals surface area contributed by atoms with Gasteiger partial charge in [-0.15, -0.1) is 0 Å². The molecule has 7 heteroatoms. The Morgan fingerprint density at radius 2 is 1.62 bits per heavy atom. The van der Waals surface area contributed by atoms with Crippen molar-refractivity contribution in [2.45, 2.75) is 81.7 Å². The van der Waals surface area contributed by atoms with Gasteiger partial charge in [-0.3, -0.25) is 9.69 Å². The van der Waals surface area contributed by atoms with Gasteiger partial charge in [0.25, 0.3) is 0 Å². The van der Waals surface area contributed by atoms with Crippen LogP contribution in [0.5, 0.6) is 0 Å². The number of hydrogen-bond donors (Lipinski definition) is 2. The van der Waals surface area contributed by atoms with Gasteiger partial charge in [0.05, 0.1) is 5.02 Å². The molecule has 1 unspecified atom stereocenters. The molecule has 0 aromatic heterocycles. The minimum atomic E-state index is -0.367. The molecule has 5 nitrogen and oxygen atoms in total. The topological polar surface area (TPSA) is 61.8 Å². The average molecular weight is 547 g/mol. The van der Waals surface area contributed by atoms with Gasteiger partial charge in [-0.2, -0.15) is 0 Å². The van der Waals surface area contributed by atoms with Crippen LogP contribution in [0.2, 0.25) is 5.02 Å². The summed E-state index contributed by atoms with van der Waals surface area (Å²) in [6.07, 6.45) is 3.07. The highest BCUT2D eigenvalue weighted by Gasteiger charge is 2.27. The van der Waals surface area contributed by atoms with Crippen molar-refractivity contribution >= 4 is 17.5 Å². The molecule has 1 heterocycles. The zero-order valence-electron chi connectivity index (χ0n) is 25.8. The fourth-order valence-electron chi connectivity index (χ4n) is 2.62. The largest absolute Gasteiger partial charge is 0.396 e. The number of aliphatic hydroxyl groups excluding tert-OH is 1. The summed E-state index contributed by atoms with van der Waals surface area (Å²) in [6.45, 7) is 23.7. The van der Waals surface area contributed by atoms with Crippen molar-refractivity contribution in [1.29, 1.82) is 0 Å². The van der Waals surface area contributed by atoms with Crippen molar-refractivity contribution < 1.29 is 19.0 Å². The van der Waals surface area contributed by atoms with E-state index in [-0.39, 0.29) is 16.7 Å². The Kier molecular flexibility index (Phi) is 33.0. The number of nitrogens with zero attached hydrogens (tertiary/aromatic N) is 1. The molecule has 1 aliphatic heterocycles. The Balaban J connectivity index is -0.000000208. The lowest BCUT2D eigenvalue weighted by molar-refractivity contribution is -0.118. The smallest absolute Gasteiger partial charge is 0.216 e. The molecular weight excluding hydrogens is 491 g/mol.